The third-order valence-corrected chi connectivity index (χ3v) is 4.06. The molecule has 0 unspecified atom stereocenters. The van der Waals surface area contributed by atoms with Gasteiger partial charge in [0.15, 0.2) is 0 Å². The predicted molar refractivity (Wildman–Crippen MR) is 93.7 cm³/mol. The van der Waals surface area contributed by atoms with E-state index in [9.17, 15) is 14.7 Å². The molecule has 0 saturated carbocycles. The van der Waals surface area contributed by atoms with Crippen molar-refractivity contribution < 1.29 is 9.84 Å². The summed E-state index contributed by atoms with van der Waals surface area (Å²) in [6.45, 7) is 4.35. The number of hydrogen-bond acceptors (Lipinski definition) is 6. The van der Waals surface area contributed by atoms with Gasteiger partial charge in [0.1, 0.15) is 5.56 Å². The molecule has 132 valence electrons. The van der Waals surface area contributed by atoms with E-state index in [2.05, 4.69) is 10.1 Å². The molecule has 2 heterocycles. The number of hydrazone groups is 1. The van der Waals surface area contributed by atoms with Crippen LogP contribution in [-0.4, -0.2) is 52.2 Å². The first-order valence-corrected chi connectivity index (χ1v) is 8.14. The van der Waals surface area contributed by atoms with Crippen LogP contribution < -0.4 is 11.2 Å². The second-order valence-corrected chi connectivity index (χ2v) is 5.66. The molecule has 1 aliphatic rings. The lowest BCUT2D eigenvalue weighted by molar-refractivity contribution is 0.0396. The minimum Gasteiger partial charge on any atom is -0.493 e. The van der Waals surface area contributed by atoms with Gasteiger partial charge in [-0.15, -0.1) is 0 Å². The topological polar surface area (TPSA) is 99.9 Å². The zero-order valence-electron chi connectivity index (χ0n) is 13.9. The molecule has 2 N–H and O–H groups in total. The van der Waals surface area contributed by atoms with Crippen LogP contribution in [0.5, 0.6) is 5.88 Å². The summed E-state index contributed by atoms with van der Waals surface area (Å²) in [4.78, 5) is 26.4. The Morgan fingerprint density at radius 1 is 1.24 bits per heavy atom. The van der Waals surface area contributed by atoms with Crippen molar-refractivity contribution in [1.82, 2.24) is 14.6 Å². The number of nitrogens with one attached hydrogen (secondary N) is 1. The summed E-state index contributed by atoms with van der Waals surface area (Å²) in [7, 11) is 0. The molecule has 0 spiro atoms. The zero-order chi connectivity index (χ0) is 17.8. The number of morpholine rings is 1. The van der Waals surface area contributed by atoms with E-state index in [1.807, 2.05) is 19.1 Å². The largest absolute Gasteiger partial charge is 0.493 e. The summed E-state index contributed by atoms with van der Waals surface area (Å²) in [5.74, 6) is -0.435. The molecular formula is C17H20N4O4. The van der Waals surface area contributed by atoms with Crippen LogP contribution in [-0.2, 0) is 11.2 Å². The van der Waals surface area contributed by atoms with Gasteiger partial charge in [0.05, 0.1) is 38.2 Å². The van der Waals surface area contributed by atoms with Crippen molar-refractivity contribution in [1.29, 1.82) is 0 Å². The number of aromatic hydroxyl groups is 1. The Labute approximate surface area is 144 Å². The van der Waals surface area contributed by atoms with Crippen LogP contribution in [0.25, 0.3) is 5.69 Å². The minimum absolute atomic E-state index is 0.0642. The van der Waals surface area contributed by atoms with E-state index in [0.717, 1.165) is 16.6 Å². The Bertz CT molecular complexity index is 877. The fourth-order valence-electron chi connectivity index (χ4n) is 2.58. The number of ether oxygens (including phenoxy) is 1. The number of aromatic amines is 1. The minimum atomic E-state index is -0.699. The standard InChI is InChI=1S/C17H20N4O4/c1-2-12-3-5-13(6-4-12)21-16(23)14(15(22)19-17(21)24)11-18-20-7-9-25-10-8-20/h3-6,11,23H,2,7-10H2,1H3,(H,19,22,24). The van der Waals surface area contributed by atoms with Gasteiger partial charge in [0.2, 0.25) is 5.88 Å². The van der Waals surface area contributed by atoms with Crippen LogP contribution >= 0.6 is 0 Å². The van der Waals surface area contributed by atoms with Crippen LogP contribution in [0.1, 0.15) is 18.1 Å². The highest BCUT2D eigenvalue weighted by Gasteiger charge is 2.15. The maximum Gasteiger partial charge on any atom is 0.335 e. The van der Waals surface area contributed by atoms with Crippen LogP contribution in [0.3, 0.4) is 0 Å². The molecular weight excluding hydrogens is 324 g/mol. The number of benzene rings is 1. The summed E-state index contributed by atoms with van der Waals surface area (Å²) in [6, 6.07) is 7.18. The van der Waals surface area contributed by atoms with Crippen molar-refractivity contribution in [2.75, 3.05) is 26.3 Å². The van der Waals surface area contributed by atoms with E-state index in [1.165, 1.54) is 6.21 Å². The summed E-state index contributed by atoms with van der Waals surface area (Å²) >= 11 is 0. The fourth-order valence-corrected chi connectivity index (χ4v) is 2.58. The molecule has 1 fully saturated rings. The maximum atomic E-state index is 12.1. The summed E-state index contributed by atoms with van der Waals surface area (Å²) in [6.07, 6.45) is 2.14. The first-order valence-electron chi connectivity index (χ1n) is 8.14. The van der Waals surface area contributed by atoms with Gasteiger partial charge in [-0.2, -0.15) is 5.10 Å². The van der Waals surface area contributed by atoms with Gasteiger partial charge in [-0.05, 0) is 24.1 Å². The van der Waals surface area contributed by atoms with Gasteiger partial charge in [-0.1, -0.05) is 19.1 Å². The summed E-state index contributed by atoms with van der Waals surface area (Å²) in [5.41, 5.74) is 0.133. The van der Waals surface area contributed by atoms with E-state index in [1.54, 1.807) is 17.1 Å². The highest BCUT2D eigenvalue weighted by Crippen LogP contribution is 2.16. The normalized spacial score (nSPS) is 15.0. The van der Waals surface area contributed by atoms with E-state index in [0.29, 0.717) is 32.0 Å². The average molecular weight is 344 g/mol. The molecule has 1 aromatic heterocycles. The van der Waals surface area contributed by atoms with Gasteiger partial charge in [-0.25, -0.2) is 9.36 Å². The first-order chi connectivity index (χ1) is 12.1. The van der Waals surface area contributed by atoms with Crippen molar-refractivity contribution in [3.63, 3.8) is 0 Å². The van der Waals surface area contributed by atoms with E-state index < -0.39 is 17.1 Å². The Hall–Kier alpha value is -2.87. The van der Waals surface area contributed by atoms with E-state index in [-0.39, 0.29) is 5.56 Å². The molecule has 1 saturated heterocycles. The second kappa shape index (κ2) is 7.35. The van der Waals surface area contributed by atoms with Crippen molar-refractivity contribution in [2.24, 2.45) is 5.10 Å². The first kappa shape index (κ1) is 17.0. The van der Waals surface area contributed by atoms with Crippen LogP contribution in [0, 0.1) is 0 Å². The molecule has 0 bridgehead atoms. The van der Waals surface area contributed by atoms with Crippen LogP contribution in [0.4, 0.5) is 0 Å². The Kier molecular flexibility index (Phi) is 4.99. The molecule has 2 aromatic rings. The monoisotopic (exact) mass is 344 g/mol. The lowest BCUT2D eigenvalue weighted by atomic mass is 10.1. The molecule has 8 nitrogen and oxygen atoms in total. The van der Waals surface area contributed by atoms with Gasteiger partial charge < -0.3 is 9.84 Å². The molecule has 25 heavy (non-hydrogen) atoms. The number of aryl methyl sites for hydroxylation is 1. The fraction of sp³-hybridized carbons (Fsp3) is 0.353. The second-order valence-electron chi connectivity index (χ2n) is 5.66. The third kappa shape index (κ3) is 3.63. The smallest absolute Gasteiger partial charge is 0.335 e. The molecule has 0 amide bonds. The molecule has 8 heteroatoms. The number of H-pyrrole nitrogens is 1. The highest BCUT2D eigenvalue weighted by molar-refractivity contribution is 5.82. The van der Waals surface area contributed by atoms with E-state index >= 15 is 0 Å². The Balaban J connectivity index is 2.00. The van der Waals surface area contributed by atoms with E-state index in [4.69, 9.17) is 4.74 Å². The van der Waals surface area contributed by atoms with Crippen molar-refractivity contribution in [2.45, 2.75) is 13.3 Å². The number of hydrogen-bond donors (Lipinski definition) is 2. The molecule has 1 aliphatic heterocycles. The molecule has 3 rings (SSSR count). The SMILES string of the molecule is CCc1ccc(-n2c(O)c(C=NN3CCOCC3)c(=O)[nH]c2=O)cc1. The van der Waals surface area contributed by atoms with Gasteiger partial charge in [0.25, 0.3) is 5.56 Å². The summed E-state index contributed by atoms with van der Waals surface area (Å²) < 4.78 is 6.29. The van der Waals surface area contributed by atoms with Gasteiger partial charge in [-0.3, -0.25) is 14.8 Å². The van der Waals surface area contributed by atoms with Crippen molar-refractivity contribution in [3.05, 3.63) is 56.2 Å². The van der Waals surface area contributed by atoms with Crippen LogP contribution in [0.2, 0.25) is 0 Å². The molecule has 0 aliphatic carbocycles. The quantitative estimate of drug-likeness (QED) is 0.785. The van der Waals surface area contributed by atoms with Gasteiger partial charge >= 0.3 is 5.69 Å². The highest BCUT2D eigenvalue weighted by atomic mass is 16.5. The molecule has 0 radical (unpaired) electrons. The van der Waals surface area contributed by atoms with Crippen LogP contribution in [0.15, 0.2) is 39.0 Å². The third-order valence-electron chi connectivity index (χ3n) is 4.06. The Morgan fingerprint density at radius 3 is 2.56 bits per heavy atom. The lowest BCUT2D eigenvalue weighted by Crippen LogP contribution is -2.34. The van der Waals surface area contributed by atoms with Gasteiger partial charge in [0, 0.05) is 0 Å². The zero-order valence-corrected chi connectivity index (χ0v) is 13.9. The molecule has 0 atom stereocenters. The Morgan fingerprint density at radius 2 is 1.92 bits per heavy atom. The number of rotatable bonds is 4. The number of aromatic nitrogens is 2. The average Bonchev–Trinajstić information content (AvgIpc) is 2.62. The predicted octanol–water partition coefficient (Wildman–Crippen LogP) is 0.460. The van der Waals surface area contributed by atoms with Crippen molar-refractivity contribution in [3.8, 4) is 11.6 Å². The summed E-state index contributed by atoms with van der Waals surface area (Å²) in [5, 5.41) is 16.4. The number of nitrogens with zero attached hydrogens (tertiary/aromatic N) is 3. The lowest BCUT2D eigenvalue weighted by Gasteiger charge is -2.23. The van der Waals surface area contributed by atoms with Crippen molar-refractivity contribution >= 4 is 6.21 Å². The maximum absolute atomic E-state index is 12.1. The molecule has 1 aromatic carbocycles.